The van der Waals surface area contributed by atoms with Gasteiger partial charge in [-0.2, -0.15) is 0 Å². The molecule has 1 aromatic rings. The average molecular weight is 234 g/mol. The number of amides is 1. The minimum atomic E-state index is 0.311. The van der Waals surface area contributed by atoms with Gasteiger partial charge in [-0.25, -0.2) is 4.98 Å². The summed E-state index contributed by atoms with van der Waals surface area (Å²) in [6.07, 6.45) is 7.71. The van der Waals surface area contributed by atoms with Gasteiger partial charge < -0.3 is 15.2 Å². The van der Waals surface area contributed by atoms with E-state index in [-0.39, 0.29) is 0 Å². The zero-order valence-electron chi connectivity index (χ0n) is 9.85. The van der Waals surface area contributed by atoms with Crippen molar-refractivity contribution in [1.29, 1.82) is 0 Å². The van der Waals surface area contributed by atoms with Gasteiger partial charge in [0.2, 0.25) is 5.91 Å². The molecule has 2 atom stereocenters. The second kappa shape index (κ2) is 4.49. The van der Waals surface area contributed by atoms with Gasteiger partial charge >= 0.3 is 0 Å². The Kier molecular flexibility index (Phi) is 2.84. The Labute approximate surface area is 101 Å². The van der Waals surface area contributed by atoms with Gasteiger partial charge in [-0.1, -0.05) is 0 Å². The standard InChI is InChI=1S/C12H18N4O/c17-12-5-10(11-3-1-2-4-16(11)12)14-7-9-6-13-8-15-9/h6,8,10-11,14H,1-5,7H2,(H,13,15). The molecule has 1 amide bonds. The number of H-pyrrole nitrogens is 1. The van der Waals surface area contributed by atoms with Gasteiger partial charge in [0.25, 0.3) is 0 Å². The van der Waals surface area contributed by atoms with Crippen LogP contribution in [0.3, 0.4) is 0 Å². The van der Waals surface area contributed by atoms with Crippen molar-refractivity contribution in [2.75, 3.05) is 6.54 Å². The molecule has 3 rings (SSSR count). The quantitative estimate of drug-likeness (QED) is 0.807. The number of fused-ring (bicyclic) bond motifs is 1. The lowest BCUT2D eigenvalue weighted by Gasteiger charge is -2.32. The molecule has 2 unspecified atom stereocenters. The lowest BCUT2D eigenvalue weighted by Crippen LogP contribution is -2.45. The monoisotopic (exact) mass is 234 g/mol. The van der Waals surface area contributed by atoms with Crippen LogP contribution in [0, 0.1) is 0 Å². The Morgan fingerprint density at radius 3 is 3.29 bits per heavy atom. The van der Waals surface area contributed by atoms with E-state index >= 15 is 0 Å². The highest BCUT2D eigenvalue weighted by Gasteiger charge is 2.40. The highest BCUT2D eigenvalue weighted by molar-refractivity contribution is 5.80. The number of aromatic amines is 1. The lowest BCUT2D eigenvalue weighted by molar-refractivity contribution is -0.129. The molecule has 0 saturated carbocycles. The van der Waals surface area contributed by atoms with Crippen molar-refractivity contribution in [1.82, 2.24) is 20.2 Å². The normalized spacial score (nSPS) is 28.5. The lowest BCUT2D eigenvalue weighted by atomic mass is 9.99. The molecule has 92 valence electrons. The van der Waals surface area contributed by atoms with Gasteiger partial charge in [-0.3, -0.25) is 4.79 Å². The maximum atomic E-state index is 11.8. The first-order chi connectivity index (χ1) is 8.34. The van der Waals surface area contributed by atoms with Crippen molar-refractivity contribution in [3.8, 4) is 0 Å². The minimum Gasteiger partial charge on any atom is -0.347 e. The second-order valence-corrected chi connectivity index (χ2v) is 4.92. The molecule has 17 heavy (non-hydrogen) atoms. The summed E-state index contributed by atoms with van der Waals surface area (Å²) in [5.41, 5.74) is 1.08. The van der Waals surface area contributed by atoms with Gasteiger partial charge in [0, 0.05) is 43.5 Å². The number of imidazole rings is 1. The fraction of sp³-hybridized carbons (Fsp3) is 0.667. The van der Waals surface area contributed by atoms with E-state index in [0.29, 0.717) is 24.4 Å². The van der Waals surface area contributed by atoms with E-state index in [4.69, 9.17) is 0 Å². The Bertz CT molecular complexity index is 389. The average Bonchev–Trinajstić information content (AvgIpc) is 2.96. The maximum Gasteiger partial charge on any atom is 0.224 e. The molecule has 0 spiro atoms. The van der Waals surface area contributed by atoms with Crippen LogP contribution in [0.1, 0.15) is 31.4 Å². The first-order valence-corrected chi connectivity index (χ1v) is 6.35. The van der Waals surface area contributed by atoms with E-state index in [1.165, 1.54) is 6.42 Å². The Hall–Kier alpha value is -1.36. The summed E-state index contributed by atoms with van der Waals surface area (Å²) in [6, 6.07) is 0.727. The molecule has 2 fully saturated rings. The molecule has 5 nitrogen and oxygen atoms in total. The largest absolute Gasteiger partial charge is 0.347 e. The molecule has 2 saturated heterocycles. The number of carbonyl (C=O) groups is 1. The van der Waals surface area contributed by atoms with E-state index in [9.17, 15) is 4.79 Å². The highest BCUT2D eigenvalue weighted by Crippen LogP contribution is 2.28. The number of hydrogen-bond donors (Lipinski definition) is 2. The third-order valence-corrected chi connectivity index (χ3v) is 3.84. The molecule has 2 N–H and O–H groups in total. The predicted octanol–water partition coefficient (Wildman–Crippen LogP) is 0.653. The van der Waals surface area contributed by atoms with E-state index < -0.39 is 0 Å². The van der Waals surface area contributed by atoms with E-state index in [2.05, 4.69) is 20.2 Å². The number of rotatable bonds is 3. The summed E-state index contributed by atoms with van der Waals surface area (Å²) < 4.78 is 0. The summed E-state index contributed by atoms with van der Waals surface area (Å²) in [6.45, 7) is 1.72. The zero-order valence-corrected chi connectivity index (χ0v) is 9.85. The molecule has 3 heterocycles. The minimum absolute atomic E-state index is 0.311. The summed E-state index contributed by atoms with van der Waals surface area (Å²) in [5, 5.41) is 3.48. The molecule has 5 heteroatoms. The van der Waals surface area contributed by atoms with E-state index in [0.717, 1.165) is 31.6 Å². The molecule has 0 aromatic carbocycles. The number of nitrogens with one attached hydrogen (secondary N) is 2. The molecule has 1 aromatic heterocycles. The smallest absolute Gasteiger partial charge is 0.224 e. The highest BCUT2D eigenvalue weighted by atomic mass is 16.2. The third-order valence-electron chi connectivity index (χ3n) is 3.84. The van der Waals surface area contributed by atoms with Gasteiger partial charge in [-0.05, 0) is 19.3 Å². The number of nitrogens with zero attached hydrogens (tertiary/aromatic N) is 2. The number of piperidine rings is 1. The van der Waals surface area contributed by atoms with Crippen molar-refractivity contribution in [2.45, 2.75) is 44.3 Å². The summed E-state index contributed by atoms with van der Waals surface area (Å²) >= 11 is 0. The number of aromatic nitrogens is 2. The summed E-state index contributed by atoms with van der Waals surface area (Å²) in [5.74, 6) is 0.316. The zero-order chi connectivity index (χ0) is 11.7. The topological polar surface area (TPSA) is 61.0 Å². The second-order valence-electron chi connectivity index (χ2n) is 4.92. The molecule has 2 aliphatic heterocycles. The Morgan fingerprint density at radius 2 is 2.47 bits per heavy atom. The van der Waals surface area contributed by atoms with E-state index in [1.807, 2.05) is 6.20 Å². The van der Waals surface area contributed by atoms with Crippen LogP contribution < -0.4 is 5.32 Å². The first-order valence-electron chi connectivity index (χ1n) is 6.35. The Morgan fingerprint density at radius 1 is 1.53 bits per heavy atom. The van der Waals surface area contributed by atoms with Gasteiger partial charge in [-0.15, -0.1) is 0 Å². The molecule has 0 aliphatic carbocycles. The van der Waals surface area contributed by atoms with Crippen LogP contribution in [0.4, 0.5) is 0 Å². The molecule has 2 aliphatic rings. The number of carbonyl (C=O) groups excluding carboxylic acids is 1. The predicted molar refractivity (Wildman–Crippen MR) is 63.2 cm³/mol. The van der Waals surface area contributed by atoms with Crippen molar-refractivity contribution in [3.63, 3.8) is 0 Å². The number of hydrogen-bond acceptors (Lipinski definition) is 3. The SMILES string of the molecule is O=C1CC(NCc2cnc[nH]2)C2CCCCN12. The van der Waals surface area contributed by atoms with E-state index in [1.54, 1.807) is 6.33 Å². The summed E-state index contributed by atoms with van der Waals surface area (Å²) in [7, 11) is 0. The maximum absolute atomic E-state index is 11.8. The van der Waals surface area contributed by atoms with Crippen LogP contribution in [-0.2, 0) is 11.3 Å². The fourth-order valence-electron chi connectivity index (χ4n) is 2.96. The van der Waals surface area contributed by atoms with Crippen molar-refractivity contribution >= 4 is 5.91 Å². The van der Waals surface area contributed by atoms with Crippen LogP contribution in [0.2, 0.25) is 0 Å². The van der Waals surface area contributed by atoms with Crippen molar-refractivity contribution in [2.24, 2.45) is 0 Å². The van der Waals surface area contributed by atoms with Crippen LogP contribution >= 0.6 is 0 Å². The Balaban J connectivity index is 1.61. The van der Waals surface area contributed by atoms with Crippen LogP contribution in [0.15, 0.2) is 12.5 Å². The van der Waals surface area contributed by atoms with Crippen LogP contribution in [0.25, 0.3) is 0 Å². The summed E-state index contributed by atoms with van der Waals surface area (Å²) in [4.78, 5) is 21.0. The van der Waals surface area contributed by atoms with Gasteiger partial charge in [0.1, 0.15) is 0 Å². The van der Waals surface area contributed by atoms with Crippen LogP contribution in [-0.4, -0.2) is 39.4 Å². The molecular weight excluding hydrogens is 216 g/mol. The third kappa shape index (κ3) is 2.07. The molecule has 0 bridgehead atoms. The molecule has 0 radical (unpaired) electrons. The van der Waals surface area contributed by atoms with Gasteiger partial charge in [0.15, 0.2) is 0 Å². The van der Waals surface area contributed by atoms with Crippen LogP contribution in [0.5, 0.6) is 0 Å². The van der Waals surface area contributed by atoms with Crippen molar-refractivity contribution in [3.05, 3.63) is 18.2 Å². The van der Waals surface area contributed by atoms with Crippen molar-refractivity contribution < 1.29 is 4.79 Å². The molecular formula is C12H18N4O. The van der Waals surface area contributed by atoms with Gasteiger partial charge in [0.05, 0.1) is 6.33 Å². The fourth-order valence-corrected chi connectivity index (χ4v) is 2.96. The first kappa shape index (κ1) is 10.8.